The van der Waals surface area contributed by atoms with Crippen molar-refractivity contribution in [3.8, 4) is 0 Å². The zero-order valence-corrected chi connectivity index (χ0v) is 11.9. The van der Waals surface area contributed by atoms with Crippen LogP contribution in [-0.4, -0.2) is 24.2 Å². The minimum absolute atomic E-state index is 0.128. The van der Waals surface area contributed by atoms with Crippen LogP contribution in [0.5, 0.6) is 0 Å². The minimum Gasteiger partial charge on any atom is -0.396 e. The van der Waals surface area contributed by atoms with E-state index in [4.69, 9.17) is 5.11 Å². The first kappa shape index (κ1) is 13.6. The molecular weight excluding hydrogens is 294 g/mol. The van der Waals surface area contributed by atoms with Gasteiger partial charge >= 0.3 is 0 Å². The Morgan fingerprint density at radius 2 is 1.94 bits per heavy atom. The number of benzene rings is 1. The molecule has 0 spiro atoms. The molecule has 1 aromatic carbocycles. The van der Waals surface area contributed by atoms with E-state index in [-0.39, 0.29) is 17.9 Å². The lowest BCUT2D eigenvalue weighted by Crippen LogP contribution is -2.35. The van der Waals surface area contributed by atoms with Gasteiger partial charge < -0.3 is 10.4 Å². The summed E-state index contributed by atoms with van der Waals surface area (Å²) in [6, 6.07) is 8.00. The van der Waals surface area contributed by atoms with Crippen LogP contribution in [0.15, 0.2) is 28.7 Å². The number of rotatable bonds is 6. The van der Waals surface area contributed by atoms with Crippen molar-refractivity contribution in [2.75, 3.05) is 13.2 Å². The highest BCUT2D eigenvalue weighted by Crippen LogP contribution is 2.48. The highest BCUT2D eigenvalue weighted by atomic mass is 79.9. The second-order valence-corrected chi connectivity index (χ2v) is 5.69. The van der Waals surface area contributed by atoms with Crippen molar-refractivity contribution in [1.82, 2.24) is 5.32 Å². The maximum absolute atomic E-state index is 12.2. The van der Waals surface area contributed by atoms with Crippen LogP contribution in [0.4, 0.5) is 0 Å². The molecule has 1 aromatic rings. The molecule has 18 heavy (non-hydrogen) atoms. The molecule has 1 fully saturated rings. The fourth-order valence-electron chi connectivity index (χ4n) is 2.15. The molecule has 0 aromatic heterocycles. The van der Waals surface area contributed by atoms with E-state index in [0.717, 1.165) is 35.7 Å². The summed E-state index contributed by atoms with van der Waals surface area (Å²) in [5.41, 5.74) is 0.810. The highest BCUT2D eigenvalue weighted by Gasteiger charge is 2.50. The maximum atomic E-state index is 12.2. The quantitative estimate of drug-likeness (QED) is 0.792. The van der Waals surface area contributed by atoms with Crippen molar-refractivity contribution < 1.29 is 9.90 Å². The van der Waals surface area contributed by atoms with Crippen molar-refractivity contribution in [3.05, 3.63) is 34.3 Å². The Morgan fingerprint density at radius 1 is 1.28 bits per heavy atom. The second kappa shape index (κ2) is 5.85. The van der Waals surface area contributed by atoms with Gasteiger partial charge in [0.15, 0.2) is 0 Å². The van der Waals surface area contributed by atoms with E-state index in [1.54, 1.807) is 0 Å². The molecule has 1 aliphatic rings. The van der Waals surface area contributed by atoms with E-state index < -0.39 is 0 Å². The first-order chi connectivity index (χ1) is 8.69. The third kappa shape index (κ3) is 2.93. The van der Waals surface area contributed by atoms with Crippen LogP contribution in [0.3, 0.4) is 0 Å². The number of aliphatic hydroxyl groups excluding tert-OH is 1. The molecule has 0 heterocycles. The van der Waals surface area contributed by atoms with E-state index in [0.29, 0.717) is 6.54 Å². The molecule has 0 aliphatic heterocycles. The Kier molecular flexibility index (Phi) is 4.40. The normalized spacial score (nSPS) is 16.3. The van der Waals surface area contributed by atoms with Gasteiger partial charge in [0.1, 0.15) is 0 Å². The zero-order valence-electron chi connectivity index (χ0n) is 10.3. The third-order valence-corrected chi connectivity index (χ3v) is 3.98. The minimum atomic E-state index is -0.292. The monoisotopic (exact) mass is 311 g/mol. The lowest BCUT2D eigenvalue weighted by atomic mass is 9.95. The molecule has 4 heteroatoms. The molecular formula is C14H18BrNO2. The van der Waals surface area contributed by atoms with Gasteiger partial charge in [0.05, 0.1) is 5.41 Å². The summed E-state index contributed by atoms with van der Waals surface area (Å²) in [6.07, 6.45) is 3.44. The summed E-state index contributed by atoms with van der Waals surface area (Å²) in [5, 5.41) is 11.7. The molecule has 98 valence electrons. The molecule has 3 nitrogen and oxygen atoms in total. The Bertz CT molecular complexity index is 412. The van der Waals surface area contributed by atoms with Crippen molar-refractivity contribution in [2.45, 2.75) is 31.1 Å². The molecule has 0 saturated heterocycles. The van der Waals surface area contributed by atoms with Crippen LogP contribution in [-0.2, 0) is 10.2 Å². The largest absolute Gasteiger partial charge is 0.396 e. The lowest BCUT2D eigenvalue weighted by molar-refractivity contribution is -0.123. The standard InChI is InChI=1S/C14H18BrNO2/c15-12-5-3-11(4-6-12)14(7-8-14)13(18)16-9-1-2-10-17/h3-6,17H,1-2,7-10H2,(H,16,18). The molecule has 2 N–H and O–H groups in total. The molecule has 0 radical (unpaired) electrons. The number of carbonyl (C=O) groups excluding carboxylic acids is 1. The molecule has 0 atom stereocenters. The predicted octanol–water partition coefficient (Wildman–Crippen LogP) is 2.37. The summed E-state index contributed by atoms with van der Waals surface area (Å²) in [7, 11) is 0. The van der Waals surface area contributed by atoms with Crippen LogP contribution in [0.25, 0.3) is 0 Å². The zero-order chi connectivity index (χ0) is 13.0. The van der Waals surface area contributed by atoms with E-state index in [2.05, 4.69) is 21.2 Å². The summed E-state index contributed by atoms with van der Waals surface area (Å²) < 4.78 is 1.03. The number of halogens is 1. The predicted molar refractivity (Wildman–Crippen MR) is 74.4 cm³/mol. The number of hydrogen-bond acceptors (Lipinski definition) is 2. The number of hydrogen-bond donors (Lipinski definition) is 2. The van der Waals surface area contributed by atoms with Crippen molar-refractivity contribution in [3.63, 3.8) is 0 Å². The van der Waals surface area contributed by atoms with Gasteiger partial charge in [-0.1, -0.05) is 28.1 Å². The average Bonchev–Trinajstić information content (AvgIpc) is 3.17. The van der Waals surface area contributed by atoms with E-state index in [9.17, 15) is 4.79 Å². The van der Waals surface area contributed by atoms with E-state index >= 15 is 0 Å². The second-order valence-electron chi connectivity index (χ2n) is 4.78. The first-order valence-corrected chi connectivity index (χ1v) is 7.13. The van der Waals surface area contributed by atoms with E-state index in [1.165, 1.54) is 0 Å². The number of nitrogens with one attached hydrogen (secondary N) is 1. The fraction of sp³-hybridized carbons (Fsp3) is 0.500. The van der Waals surface area contributed by atoms with Gasteiger partial charge in [0.25, 0.3) is 0 Å². The van der Waals surface area contributed by atoms with E-state index in [1.807, 2.05) is 24.3 Å². The van der Waals surface area contributed by atoms with Crippen molar-refractivity contribution >= 4 is 21.8 Å². The van der Waals surface area contributed by atoms with Crippen LogP contribution in [0.1, 0.15) is 31.2 Å². The smallest absolute Gasteiger partial charge is 0.230 e. The average molecular weight is 312 g/mol. The Morgan fingerprint density at radius 3 is 2.50 bits per heavy atom. The Hall–Kier alpha value is -0.870. The van der Waals surface area contributed by atoms with Gasteiger partial charge in [-0.15, -0.1) is 0 Å². The van der Waals surface area contributed by atoms with Crippen molar-refractivity contribution in [2.24, 2.45) is 0 Å². The third-order valence-electron chi connectivity index (χ3n) is 3.45. The first-order valence-electron chi connectivity index (χ1n) is 6.34. The molecule has 0 unspecified atom stereocenters. The summed E-state index contributed by atoms with van der Waals surface area (Å²) in [5.74, 6) is 0.128. The summed E-state index contributed by atoms with van der Waals surface area (Å²) in [6.45, 7) is 0.839. The van der Waals surface area contributed by atoms with Gasteiger partial charge in [-0.05, 0) is 43.4 Å². The summed E-state index contributed by atoms with van der Waals surface area (Å²) in [4.78, 5) is 12.2. The van der Waals surface area contributed by atoms with Gasteiger partial charge in [0.2, 0.25) is 5.91 Å². The van der Waals surface area contributed by atoms with Crippen LogP contribution >= 0.6 is 15.9 Å². The summed E-state index contributed by atoms with van der Waals surface area (Å²) >= 11 is 3.40. The Labute approximate surface area is 116 Å². The highest BCUT2D eigenvalue weighted by molar-refractivity contribution is 9.10. The van der Waals surface area contributed by atoms with Gasteiger partial charge in [-0.25, -0.2) is 0 Å². The number of unbranched alkanes of at least 4 members (excludes halogenated alkanes) is 1. The molecule has 0 bridgehead atoms. The molecule has 1 amide bonds. The molecule has 2 rings (SSSR count). The maximum Gasteiger partial charge on any atom is 0.230 e. The van der Waals surface area contributed by atoms with Gasteiger partial charge in [-0.3, -0.25) is 4.79 Å². The number of carbonyl (C=O) groups is 1. The topological polar surface area (TPSA) is 49.3 Å². The van der Waals surface area contributed by atoms with Crippen LogP contribution < -0.4 is 5.32 Å². The Balaban J connectivity index is 1.94. The van der Waals surface area contributed by atoms with Gasteiger partial charge in [-0.2, -0.15) is 0 Å². The lowest BCUT2D eigenvalue weighted by Gasteiger charge is -2.15. The molecule has 1 aliphatic carbocycles. The van der Waals surface area contributed by atoms with Crippen LogP contribution in [0.2, 0.25) is 0 Å². The number of aliphatic hydroxyl groups is 1. The van der Waals surface area contributed by atoms with Crippen LogP contribution in [0, 0.1) is 0 Å². The number of amides is 1. The SMILES string of the molecule is O=C(NCCCCO)C1(c2ccc(Br)cc2)CC1. The van der Waals surface area contributed by atoms with Crippen molar-refractivity contribution in [1.29, 1.82) is 0 Å². The van der Waals surface area contributed by atoms with Gasteiger partial charge in [0, 0.05) is 17.6 Å². The molecule has 1 saturated carbocycles. The fourth-order valence-corrected chi connectivity index (χ4v) is 2.41.